The van der Waals surface area contributed by atoms with E-state index in [2.05, 4.69) is 6.92 Å². The van der Waals surface area contributed by atoms with E-state index in [1.165, 1.54) is 108 Å². The van der Waals surface area contributed by atoms with Crippen molar-refractivity contribution in [2.75, 3.05) is 0 Å². The lowest BCUT2D eigenvalue weighted by atomic mass is 9.98. The average molecular weight is 419 g/mol. The maximum atomic E-state index is 11.3. The summed E-state index contributed by atoms with van der Waals surface area (Å²) in [5.74, 6) is -2.00. The molecule has 1 aromatic rings. The molecular formula is C26H42O4. The summed E-state index contributed by atoms with van der Waals surface area (Å²) >= 11 is 0. The van der Waals surface area contributed by atoms with Crippen LogP contribution in [-0.4, -0.2) is 22.2 Å². The minimum absolute atomic E-state index is 0.159. The van der Waals surface area contributed by atoms with E-state index in [4.69, 9.17) is 5.11 Å². The molecule has 0 saturated carbocycles. The molecule has 0 fully saturated rings. The van der Waals surface area contributed by atoms with Crippen LogP contribution in [0.3, 0.4) is 0 Å². The van der Waals surface area contributed by atoms with Crippen molar-refractivity contribution in [3.8, 4) is 0 Å². The molecule has 1 aromatic carbocycles. The molecule has 4 heteroatoms. The van der Waals surface area contributed by atoms with Crippen LogP contribution >= 0.6 is 0 Å². The molecule has 0 radical (unpaired) electrons. The number of benzene rings is 1. The fourth-order valence-electron chi connectivity index (χ4n) is 4.01. The van der Waals surface area contributed by atoms with Gasteiger partial charge in [-0.3, -0.25) is 0 Å². The zero-order valence-electron chi connectivity index (χ0n) is 19.0. The number of aromatic carboxylic acids is 2. The number of aryl methyl sites for hydroxylation is 1. The van der Waals surface area contributed by atoms with Crippen LogP contribution in [0.2, 0.25) is 0 Å². The molecule has 0 amide bonds. The number of hydrogen-bond acceptors (Lipinski definition) is 2. The Bertz CT molecular complexity index is 609. The van der Waals surface area contributed by atoms with Gasteiger partial charge in [0.1, 0.15) is 0 Å². The molecule has 0 saturated heterocycles. The van der Waals surface area contributed by atoms with Gasteiger partial charge >= 0.3 is 11.9 Å². The van der Waals surface area contributed by atoms with E-state index < -0.39 is 11.9 Å². The molecule has 30 heavy (non-hydrogen) atoms. The van der Waals surface area contributed by atoms with Gasteiger partial charge in [-0.15, -0.1) is 0 Å². The molecule has 0 aromatic heterocycles. The summed E-state index contributed by atoms with van der Waals surface area (Å²) in [5, 5.41) is 18.4. The fraction of sp³-hybridized carbons (Fsp3) is 0.692. The predicted octanol–water partition coefficient (Wildman–Crippen LogP) is 7.89. The van der Waals surface area contributed by atoms with Crippen molar-refractivity contribution in [1.82, 2.24) is 0 Å². The van der Waals surface area contributed by atoms with Crippen molar-refractivity contribution in [1.29, 1.82) is 0 Å². The van der Waals surface area contributed by atoms with Crippen LogP contribution in [0.4, 0.5) is 0 Å². The monoisotopic (exact) mass is 418 g/mol. The third-order valence-electron chi connectivity index (χ3n) is 5.88. The highest BCUT2D eigenvalue weighted by molar-refractivity contribution is 5.93. The lowest BCUT2D eigenvalue weighted by Crippen LogP contribution is -2.06. The molecule has 0 aliphatic rings. The van der Waals surface area contributed by atoms with Crippen LogP contribution in [-0.2, 0) is 6.42 Å². The molecule has 0 atom stereocenters. The Morgan fingerprint density at radius 3 is 1.47 bits per heavy atom. The number of rotatable bonds is 19. The van der Waals surface area contributed by atoms with Crippen molar-refractivity contribution < 1.29 is 19.8 Å². The molecule has 0 spiro atoms. The van der Waals surface area contributed by atoms with Crippen LogP contribution in [0, 0.1) is 0 Å². The van der Waals surface area contributed by atoms with E-state index in [9.17, 15) is 14.7 Å². The number of carboxylic acid groups (broad SMARTS) is 2. The van der Waals surface area contributed by atoms with Gasteiger partial charge in [-0.05, 0) is 36.6 Å². The maximum Gasteiger partial charge on any atom is 0.335 e. The summed E-state index contributed by atoms with van der Waals surface area (Å²) in [5.41, 5.74) is 1.01. The fourth-order valence-corrected chi connectivity index (χ4v) is 4.01. The van der Waals surface area contributed by atoms with E-state index in [1.807, 2.05) is 0 Å². The van der Waals surface area contributed by atoms with Crippen molar-refractivity contribution in [2.45, 2.75) is 116 Å². The van der Waals surface area contributed by atoms with Crippen molar-refractivity contribution >= 4 is 11.9 Å². The molecule has 0 heterocycles. The van der Waals surface area contributed by atoms with E-state index in [-0.39, 0.29) is 11.1 Å². The number of carbonyl (C=O) groups is 2. The highest BCUT2D eigenvalue weighted by Crippen LogP contribution is 2.18. The van der Waals surface area contributed by atoms with Gasteiger partial charge in [-0.2, -0.15) is 0 Å². The Morgan fingerprint density at radius 2 is 1.07 bits per heavy atom. The van der Waals surface area contributed by atoms with Gasteiger partial charge < -0.3 is 10.2 Å². The molecule has 2 N–H and O–H groups in total. The van der Waals surface area contributed by atoms with Crippen molar-refractivity contribution in [3.63, 3.8) is 0 Å². The Hall–Kier alpha value is -1.84. The summed E-state index contributed by atoms with van der Waals surface area (Å²) in [7, 11) is 0. The van der Waals surface area contributed by atoms with Gasteiger partial charge in [0.25, 0.3) is 0 Å². The quantitative estimate of drug-likeness (QED) is 0.224. The standard InChI is InChI=1S/C26H42O4/c1-2-3-4-5-6-7-8-9-10-11-12-13-14-15-16-17-18-22-21-23(25(27)28)19-20-24(22)26(29)30/h19-21H,2-18H2,1H3,(H,27,28)(H,29,30). The number of unbranched alkanes of at least 4 members (excludes halogenated alkanes) is 15. The first-order valence-electron chi connectivity index (χ1n) is 12.2. The first-order chi connectivity index (χ1) is 14.6. The third kappa shape index (κ3) is 12.0. The Kier molecular flexibility index (Phi) is 14.8. The van der Waals surface area contributed by atoms with E-state index in [0.717, 1.165) is 12.8 Å². The van der Waals surface area contributed by atoms with E-state index >= 15 is 0 Å². The Labute approximate surface area is 183 Å². The predicted molar refractivity (Wildman–Crippen MR) is 124 cm³/mol. The molecule has 4 nitrogen and oxygen atoms in total. The van der Waals surface area contributed by atoms with Gasteiger partial charge in [0, 0.05) is 0 Å². The molecule has 0 bridgehead atoms. The van der Waals surface area contributed by atoms with Crippen LogP contribution < -0.4 is 0 Å². The zero-order valence-corrected chi connectivity index (χ0v) is 19.0. The molecule has 1 rings (SSSR count). The first kappa shape index (κ1) is 26.2. The second kappa shape index (κ2) is 16.9. The second-order valence-corrected chi connectivity index (χ2v) is 8.54. The first-order valence-corrected chi connectivity index (χ1v) is 12.2. The topological polar surface area (TPSA) is 74.6 Å². The van der Waals surface area contributed by atoms with Gasteiger partial charge in [-0.25, -0.2) is 9.59 Å². The van der Waals surface area contributed by atoms with Crippen LogP contribution in [0.25, 0.3) is 0 Å². The van der Waals surface area contributed by atoms with Crippen LogP contribution in [0.1, 0.15) is 136 Å². The van der Waals surface area contributed by atoms with Crippen LogP contribution in [0.15, 0.2) is 18.2 Å². The largest absolute Gasteiger partial charge is 0.478 e. The van der Waals surface area contributed by atoms with Crippen molar-refractivity contribution in [3.05, 3.63) is 34.9 Å². The summed E-state index contributed by atoms with van der Waals surface area (Å²) in [6, 6.07) is 4.29. The van der Waals surface area contributed by atoms with E-state index in [0.29, 0.717) is 12.0 Å². The lowest BCUT2D eigenvalue weighted by Gasteiger charge is -2.08. The molecule has 170 valence electrons. The number of hydrogen-bond donors (Lipinski definition) is 2. The molecular weight excluding hydrogens is 376 g/mol. The summed E-state index contributed by atoms with van der Waals surface area (Å²) in [4.78, 5) is 22.4. The smallest absolute Gasteiger partial charge is 0.335 e. The van der Waals surface area contributed by atoms with Crippen LogP contribution in [0.5, 0.6) is 0 Å². The van der Waals surface area contributed by atoms with Crippen molar-refractivity contribution in [2.24, 2.45) is 0 Å². The lowest BCUT2D eigenvalue weighted by molar-refractivity contribution is 0.0680. The maximum absolute atomic E-state index is 11.3. The summed E-state index contributed by atoms with van der Waals surface area (Å²) < 4.78 is 0. The minimum atomic E-state index is -1.01. The molecule has 0 aliphatic carbocycles. The summed E-state index contributed by atoms with van der Waals surface area (Å²) in [6.07, 6.45) is 21.4. The molecule has 0 aliphatic heterocycles. The SMILES string of the molecule is CCCCCCCCCCCCCCCCCCc1cc(C(=O)O)ccc1C(=O)O. The van der Waals surface area contributed by atoms with Gasteiger partial charge in [0.05, 0.1) is 11.1 Å². The van der Waals surface area contributed by atoms with Gasteiger partial charge in [0.2, 0.25) is 0 Å². The van der Waals surface area contributed by atoms with Gasteiger partial charge in [0.15, 0.2) is 0 Å². The number of carboxylic acids is 2. The minimum Gasteiger partial charge on any atom is -0.478 e. The third-order valence-corrected chi connectivity index (χ3v) is 5.88. The molecule has 0 unspecified atom stereocenters. The zero-order chi connectivity index (χ0) is 22.0. The normalized spacial score (nSPS) is 11.0. The summed E-state index contributed by atoms with van der Waals surface area (Å²) in [6.45, 7) is 2.26. The average Bonchev–Trinajstić information content (AvgIpc) is 2.73. The Balaban J connectivity index is 2.02. The Morgan fingerprint density at radius 1 is 0.633 bits per heavy atom. The highest BCUT2D eigenvalue weighted by Gasteiger charge is 2.13. The highest BCUT2D eigenvalue weighted by atomic mass is 16.4. The van der Waals surface area contributed by atoms with E-state index in [1.54, 1.807) is 0 Å². The second-order valence-electron chi connectivity index (χ2n) is 8.54. The van der Waals surface area contributed by atoms with Gasteiger partial charge in [-0.1, -0.05) is 103 Å².